The van der Waals surface area contributed by atoms with Gasteiger partial charge in [-0.3, -0.25) is 9.36 Å². The minimum absolute atomic E-state index is 0.0262. The van der Waals surface area contributed by atoms with Gasteiger partial charge in [-0.1, -0.05) is 30.0 Å². The molecule has 9 heteroatoms. The van der Waals surface area contributed by atoms with Gasteiger partial charge in [0.15, 0.2) is 11.0 Å². The standard InChI is InChI=1S/C24H25FN4O2S2/c25-17-9-7-16(8-10-17)23-27-28-24(29(23)14-18-4-3-12-31-18)33-15-22(30)26-20-11-13-32-21-6-2-1-5-19(20)21/h1-2,5-10,18,20H,3-4,11-15H2,(H,26,30). The molecular weight excluding hydrogens is 459 g/mol. The Morgan fingerprint density at radius 2 is 2.03 bits per heavy atom. The molecule has 1 fully saturated rings. The van der Waals surface area contributed by atoms with E-state index in [0.717, 1.165) is 37.2 Å². The maximum absolute atomic E-state index is 13.4. The van der Waals surface area contributed by atoms with Crippen LogP contribution in [0.1, 0.15) is 30.9 Å². The molecule has 0 spiro atoms. The summed E-state index contributed by atoms with van der Waals surface area (Å²) in [6, 6.07) is 14.5. The molecule has 0 radical (unpaired) electrons. The summed E-state index contributed by atoms with van der Waals surface area (Å²) < 4.78 is 21.2. The predicted octanol–water partition coefficient (Wildman–Crippen LogP) is 4.71. The number of carbonyl (C=O) groups excluding carboxylic acids is 1. The topological polar surface area (TPSA) is 69.0 Å². The molecule has 0 bridgehead atoms. The van der Waals surface area contributed by atoms with Crippen LogP contribution in [0.15, 0.2) is 58.6 Å². The Morgan fingerprint density at radius 1 is 1.18 bits per heavy atom. The second kappa shape index (κ2) is 10.3. The van der Waals surface area contributed by atoms with Gasteiger partial charge >= 0.3 is 0 Å². The molecule has 1 saturated heterocycles. The second-order valence-corrected chi connectivity index (χ2v) is 10.2. The number of benzene rings is 2. The van der Waals surface area contributed by atoms with Crippen LogP contribution in [0.2, 0.25) is 0 Å². The second-order valence-electron chi connectivity index (χ2n) is 8.14. The predicted molar refractivity (Wildman–Crippen MR) is 128 cm³/mol. The molecule has 3 heterocycles. The Labute approximate surface area is 200 Å². The molecule has 2 unspecified atom stereocenters. The molecule has 2 aromatic carbocycles. The van der Waals surface area contributed by atoms with E-state index in [-0.39, 0.29) is 29.6 Å². The lowest BCUT2D eigenvalue weighted by molar-refractivity contribution is -0.119. The molecule has 0 saturated carbocycles. The molecular formula is C24H25FN4O2S2. The number of hydrogen-bond acceptors (Lipinski definition) is 6. The van der Waals surface area contributed by atoms with Crippen LogP contribution < -0.4 is 5.32 Å². The molecule has 1 N–H and O–H groups in total. The highest BCUT2D eigenvalue weighted by Gasteiger charge is 2.24. The molecule has 1 amide bonds. The zero-order chi connectivity index (χ0) is 22.6. The Balaban J connectivity index is 1.30. The molecule has 1 aromatic heterocycles. The van der Waals surface area contributed by atoms with Gasteiger partial charge in [0, 0.05) is 22.8 Å². The third kappa shape index (κ3) is 5.26. The number of aromatic nitrogens is 3. The SMILES string of the molecule is O=C(CSc1nnc(-c2ccc(F)cc2)n1CC1CCCO1)NC1CCSc2ccccc21. The summed E-state index contributed by atoms with van der Waals surface area (Å²) >= 11 is 3.20. The Hall–Kier alpha value is -2.36. The summed E-state index contributed by atoms with van der Waals surface area (Å²) in [7, 11) is 0. The van der Waals surface area contributed by atoms with Gasteiger partial charge in [0.1, 0.15) is 5.82 Å². The van der Waals surface area contributed by atoms with Gasteiger partial charge in [-0.05, 0) is 55.2 Å². The summed E-state index contributed by atoms with van der Waals surface area (Å²) in [5, 5.41) is 12.6. The van der Waals surface area contributed by atoms with Gasteiger partial charge < -0.3 is 10.1 Å². The highest BCUT2D eigenvalue weighted by atomic mass is 32.2. The van der Waals surface area contributed by atoms with Crippen molar-refractivity contribution >= 4 is 29.4 Å². The van der Waals surface area contributed by atoms with E-state index >= 15 is 0 Å². The fourth-order valence-corrected chi connectivity index (χ4v) is 6.11. The van der Waals surface area contributed by atoms with E-state index in [9.17, 15) is 9.18 Å². The highest BCUT2D eigenvalue weighted by molar-refractivity contribution is 7.99. The molecule has 33 heavy (non-hydrogen) atoms. The third-order valence-corrected chi connectivity index (χ3v) is 7.94. The average Bonchev–Trinajstić information content (AvgIpc) is 3.49. The zero-order valence-corrected chi connectivity index (χ0v) is 19.7. The summed E-state index contributed by atoms with van der Waals surface area (Å²) in [6.45, 7) is 1.36. The minimum Gasteiger partial charge on any atom is -0.376 e. The highest BCUT2D eigenvalue weighted by Crippen LogP contribution is 2.36. The Morgan fingerprint density at radius 3 is 2.85 bits per heavy atom. The minimum atomic E-state index is -0.294. The monoisotopic (exact) mass is 484 g/mol. The van der Waals surface area contributed by atoms with Crippen molar-refractivity contribution < 1.29 is 13.9 Å². The number of carbonyl (C=O) groups is 1. The number of thioether (sulfide) groups is 2. The van der Waals surface area contributed by atoms with E-state index in [1.54, 1.807) is 12.1 Å². The number of nitrogens with one attached hydrogen (secondary N) is 1. The van der Waals surface area contributed by atoms with Crippen LogP contribution in [0, 0.1) is 5.82 Å². The van der Waals surface area contributed by atoms with Crippen molar-refractivity contribution in [1.82, 2.24) is 20.1 Å². The number of fused-ring (bicyclic) bond motifs is 1. The first-order chi connectivity index (χ1) is 16.2. The normalized spacial score (nSPS) is 19.9. The summed E-state index contributed by atoms with van der Waals surface area (Å²) in [6.07, 6.45) is 3.02. The Bertz CT molecular complexity index is 1120. The quantitative estimate of drug-likeness (QED) is 0.490. The van der Waals surface area contributed by atoms with E-state index in [1.165, 1.54) is 34.4 Å². The number of rotatable bonds is 7. The van der Waals surface area contributed by atoms with Crippen LogP contribution >= 0.6 is 23.5 Å². The van der Waals surface area contributed by atoms with E-state index in [0.29, 0.717) is 17.5 Å². The van der Waals surface area contributed by atoms with Gasteiger partial charge in [0.05, 0.1) is 24.4 Å². The van der Waals surface area contributed by atoms with Crippen LogP contribution in [0.5, 0.6) is 0 Å². The van der Waals surface area contributed by atoms with Crippen molar-refractivity contribution in [2.75, 3.05) is 18.1 Å². The van der Waals surface area contributed by atoms with Crippen molar-refractivity contribution in [2.45, 2.75) is 48.0 Å². The third-order valence-electron chi connectivity index (χ3n) is 5.86. The van der Waals surface area contributed by atoms with Crippen molar-refractivity contribution in [3.05, 3.63) is 59.9 Å². The van der Waals surface area contributed by atoms with Gasteiger partial charge in [-0.15, -0.1) is 22.0 Å². The smallest absolute Gasteiger partial charge is 0.230 e. The number of halogens is 1. The van der Waals surface area contributed by atoms with Crippen molar-refractivity contribution in [2.24, 2.45) is 0 Å². The average molecular weight is 485 g/mol. The number of ether oxygens (including phenoxy) is 1. The van der Waals surface area contributed by atoms with Crippen molar-refractivity contribution in [3.8, 4) is 11.4 Å². The van der Waals surface area contributed by atoms with Gasteiger partial charge in [0.25, 0.3) is 0 Å². The first kappa shape index (κ1) is 22.4. The van der Waals surface area contributed by atoms with Crippen LogP contribution in [-0.2, 0) is 16.1 Å². The molecule has 2 aliphatic heterocycles. The lowest BCUT2D eigenvalue weighted by atomic mass is 10.0. The fraction of sp³-hybridized carbons (Fsp3) is 0.375. The van der Waals surface area contributed by atoms with E-state index in [1.807, 2.05) is 28.5 Å². The largest absolute Gasteiger partial charge is 0.376 e. The number of nitrogens with zero attached hydrogens (tertiary/aromatic N) is 3. The lowest BCUT2D eigenvalue weighted by Crippen LogP contribution is -2.32. The van der Waals surface area contributed by atoms with E-state index in [4.69, 9.17) is 4.74 Å². The molecule has 6 nitrogen and oxygen atoms in total. The summed E-state index contributed by atoms with van der Waals surface area (Å²) in [4.78, 5) is 14.0. The maximum Gasteiger partial charge on any atom is 0.230 e. The number of hydrogen-bond donors (Lipinski definition) is 1. The fourth-order valence-electron chi connectivity index (χ4n) is 4.22. The molecule has 3 aromatic rings. The number of amides is 1. The molecule has 2 aliphatic rings. The van der Waals surface area contributed by atoms with E-state index < -0.39 is 0 Å². The zero-order valence-electron chi connectivity index (χ0n) is 18.1. The van der Waals surface area contributed by atoms with Crippen LogP contribution in [0.4, 0.5) is 4.39 Å². The molecule has 2 atom stereocenters. The summed E-state index contributed by atoms with van der Waals surface area (Å²) in [5.41, 5.74) is 1.97. The molecule has 0 aliphatic carbocycles. The van der Waals surface area contributed by atoms with Gasteiger partial charge in [-0.2, -0.15) is 0 Å². The van der Waals surface area contributed by atoms with Gasteiger partial charge in [0.2, 0.25) is 5.91 Å². The maximum atomic E-state index is 13.4. The van der Waals surface area contributed by atoms with Crippen molar-refractivity contribution in [1.29, 1.82) is 0 Å². The first-order valence-corrected chi connectivity index (χ1v) is 13.1. The Kier molecular flexibility index (Phi) is 6.99. The van der Waals surface area contributed by atoms with Crippen LogP contribution in [0.25, 0.3) is 11.4 Å². The molecule has 172 valence electrons. The van der Waals surface area contributed by atoms with Crippen LogP contribution in [-0.4, -0.2) is 44.9 Å². The lowest BCUT2D eigenvalue weighted by Gasteiger charge is -2.25. The molecule has 5 rings (SSSR count). The van der Waals surface area contributed by atoms with Crippen LogP contribution in [0.3, 0.4) is 0 Å². The van der Waals surface area contributed by atoms with Crippen molar-refractivity contribution in [3.63, 3.8) is 0 Å². The first-order valence-electron chi connectivity index (χ1n) is 11.1. The van der Waals surface area contributed by atoms with Gasteiger partial charge in [-0.25, -0.2) is 4.39 Å². The van der Waals surface area contributed by atoms with E-state index in [2.05, 4.69) is 27.6 Å². The summed E-state index contributed by atoms with van der Waals surface area (Å²) in [5.74, 6) is 1.58.